The number of anilines is 1. The number of Topliss-reactive ketones (excluding diaryl/α,β-unsaturated/α-hetero) is 2. The van der Waals surface area contributed by atoms with Crippen LogP contribution < -0.4 is 22.1 Å². The number of carbonyl (C=O) groups is 3. The van der Waals surface area contributed by atoms with Gasteiger partial charge in [0.1, 0.15) is 5.82 Å². The van der Waals surface area contributed by atoms with E-state index in [0.29, 0.717) is 25.2 Å². The molecule has 2 aliphatic rings. The molecular formula is C37H52N6O5. The monoisotopic (exact) mass is 660 g/mol. The van der Waals surface area contributed by atoms with Crippen molar-refractivity contribution in [2.24, 2.45) is 22.6 Å². The molecule has 1 fully saturated rings. The lowest BCUT2D eigenvalue weighted by Crippen LogP contribution is -2.51. The number of pyridine rings is 1. The lowest BCUT2D eigenvalue weighted by molar-refractivity contribution is -0.149. The summed E-state index contributed by atoms with van der Waals surface area (Å²) in [4.78, 5) is 51.1. The molecule has 2 aromatic rings. The highest BCUT2D eigenvalue weighted by Gasteiger charge is 2.85. The lowest BCUT2D eigenvalue weighted by Gasteiger charge is -2.26. The van der Waals surface area contributed by atoms with Gasteiger partial charge in [-0.3, -0.25) is 14.6 Å². The number of epoxide rings is 1. The normalized spacial score (nSPS) is 21.8. The zero-order valence-corrected chi connectivity index (χ0v) is 29.2. The number of unbranched alkanes of at least 4 members (excludes halogenated alkanes) is 1. The van der Waals surface area contributed by atoms with Crippen molar-refractivity contribution in [2.45, 2.75) is 90.4 Å². The third-order valence-electron chi connectivity index (χ3n) is 9.21. The van der Waals surface area contributed by atoms with E-state index in [0.717, 1.165) is 42.5 Å². The fourth-order valence-electron chi connectivity index (χ4n) is 6.59. The van der Waals surface area contributed by atoms with Crippen molar-refractivity contribution >= 4 is 29.3 Å². The number of carbonyl (C=O) groups excluding carboxylic acids is 3. The number of benzene rings is 1. The molecule has 0 amide bonds. The van der Waals surface area contributed by atoms with Crippen molar-refractivity contribution in [3.8, 4) is 0 Å². The van der Waals surface area contributed by atoms with Crippen molar-refractivity contribution in [3.05, 3.63) is 70.4 Å². The van der Waals surface area contributed by atoms with E-state index in [4.69, 9.17) is 20.9 Å². The summed E-state index contributed by atoms with van der Waals surface area (Å²) >= 11 is 0. The van der Waals surface area contributed by atoms with E-state index in [1.165, 1.54) is 0 Å². The summed E-state index contributed by atoms with van der Waals surface area (Å²) in [5.74, 6) is -0.752. The third-order valence-corrected chi connectivity index (χ3v) is 9.21. The van der Waals surface area contributed by atoms with E-state index in [1.807, 2.05) is 45.9 Å². The van der Waals surface area contributed by atoms with Crippen LogP contribution in [0.25, 0.3) is 0 Å². The summed E-state index contributed by atoms with van der Waals surface area (Å²) < 4.78 is 12.1. The summed E-state index contributed by atoms with van der Waals surface area (Å²) in [7, 11) is 1.59. The van der Waals surface area contributed by atoms with E-state index in [-0.39, 0.29) is 53.8 Å². The molecule has 1 aliphatic heterocycles. The summed E-state index contributed by atoms with van der Waals surface area (Å²) in [5.41, 5.74) is 11.3. The van der Waals surface area contributed by atoms with Crippen LogP contribution in [-0.2, 0) is 20.7 Å². The zero-order chi connectivity index (χ0) is 35.1. The molecule has 4 atom stereocenters. The van der Waals surface area contributed by atoms with Gasteiger partial charge >= 0.3 is 5.97 Å². The Hall–Kier alpha value is -4.09. The molecule has 0 spiro atoms. The zero-order valence-electron chi connectivity index (χ0n) is 29.2. The second-order valence-electron chi connectivity index (χ2n) is 13.4. The number of hydrogen-bond acceptors (Lipinski definition) is 9. The average Bonchev–Trinajstić information content (AvgIpc) is 3.77. The van der Waals surface area contributed by atoms with Gasteiger partial charge in [-0.05, 0) is 61.9 Å². The SMILES string of the molecule is CCCC[C@H](CNCC)COC(=O)[C@]12O[C@@]1(C/C=C(\C)C[C@@H](NC(N)=NC)c1ccnc(N)c1)C(=O)c1cccc(CC(C)C)c1C2=O. The first-order valence-corrected chi connectivity index (χ1v) is 17.1. The van der Waals surface area contributed by atoms with Crippen molar-refractivity contribution in [1.29, 1.82) is 0 Å². The van der Waals surface area contributed by atoms with Gasteiger partial charge in [-0.25, -0.2) is 9.78 Å². The number of hydrogen-bond donors (Lipinski definition) is 4. The Morgan fingerprint density at radius 2 is 1.96 bits per heavy atom. The van der Waals surface area contributed by atoms with Crippen LogP contribution in [0.1, 0.15) is 105 Å². The van der Waals surface area contributed by atoms with Gasteiger partial charge in [-0.1, -0.05) is 70.4 Å². The van der Waals surface area contributed by atoms with Gasteiger partial charge in [0.05, 0.1) is 12.6 Å². The smallest absolute Gasteiger partial charge is 0.350 e. The fourth-order valence-corrected chi connectivity index (χ4v) is 6.59. The van der Waals surface area contributed by atoms with Gasteiger partial charge in [-0.2, -0.15) is 0 Å². The average molecular weight is 661 g/mol. The molecule has 48 heavy (non-hydrogen) atoms. The summed E-state index contributed by atoms with van der Waals surface area (Å²) in [5, 5.41) is 6.54. The molecule has 1 aliphatic carbocycles. The molecule has 4 rings (SSSR count). The first kappa shape index (κ1) is 36.7. The highest BCUT2D eigenvalue weighted by molar-refractivity contribution is 6.33. The summed E-state index contributed by atoms with van der Waals surface area (Å²) in [6.07, 6.45) is 7.43. The Labute approximate surface area is 284 Å². The number of rotatable bonds is 17. The van der Waals surface area contributed by atoms with Crippen LogP contribution in [0.3, 0.4) is 0 Å². The van der Waals surface area contributed by atoms with Crippen LogP contribution in [-0.4, -0.2) is 66.4 Å². The molecule has 11 heteroatoms. The van der Waals surface area contributed by atoms with Crippen LogP contribution in [0.5, 0.6) is 0 Å². The maximum absolute atomic E-state index is 14.5. The molecular weight excluding hydrogens is 608 g/mol. The number of ketones is 2. The number of ether oxygens (including phenoxy) is 2. The number of nitrogens with one attached hydrogen (secondary N) is 2. The summed E-state index contributed by atoms with van der Waals surface area (Å²) in [6.45, 7) is 11.8. The van der Waals surface area contributed by atoms with Crippen molar-refractivity contribution in [2.75, 3.05) is 32.5 Å². The number of aliphatic imine (C=N–C) groups is 1. The Morgan fingerprint density at radius 1 is 1.19 bits per heavy atom. The van der Waals surface area contributed by atoms with E-state index in [2.05, 4.69) is 27.5 Å². The minimum atomic E-state index is -2.04. The first-order valence-electron chi connectivity index (χ1n) is 17.1. The minimum absolute atomic E-state index is 0.0194. The number of aromatic nitrogens is 1. The van der Waals surface area contributed by atoms with E-state index < -0.39 is 23.0 Å². The Kier molecular flexibility index (Phi) is 12.1. The van der Waals surface area contributed by atoms with Gasteiger partial charge in [0.2, 0.25) is 5.78 Å². The highest BCUT2D eigenvalue weighted by Crippen LogP contribution is 2.59. The maximum atomic E-state index is 14.5. The largest absolute Gasteiger partial charge is 0.463 e. The molecule has 0 saturated carbocycles. The van der Waals surface area contributed by atoms with E-state index in [9.17, 15) is 14.4 Å². The molecule has 0 bridgehead atoms. The number of guanidine groups is 1. The Bertz CT molecular complexity index is 1550. The Morgan fingerprint density at radius 3 is 2.62 bits per heavy atom. The van der Waals surface area contributed by atoms with Gasteiger partial charge < -0.3 is 31.6 Å². The van der Waals surface area contributed by atoms with Gasteiger partial charge in [-0.15, -0.1) is 0 Å². The van der Waals surface area contributed by atoms with Crippen LogP contribution in [0.4, 0.5) is 5.82 Å². The predicted molar refractivity (Wildman–Crippen MR) is 188 cm³/mol. The van der Waals surface area contributed by atoms with Crippen LogP contribution in [0, 0.1) is 11.8 Å². The van der Waals surface area contributed by atoms with Gasteiger partial charge in [0.25, 0.3) is 5.60 Å². The quantitative estimate of drug-likeness (QED) is 0.0465. The van der Waals surface area contributed by atoms with Crippen molar-refractivity contribution in [3.63, 3.8) is 0 Å². The Balaban J connectivity index is 1.68. The lowest BCUT2D eigenvalue weighted by atomic mass is 9.70. The summed E-state index contributed by atoms with van der Waals surface area (Å²) in [6, 6.07) is 8.60. The molecule has 11 nitrogen and oxygen atoms in total. The topological polar surface area (TPSA) is 174 Å². The number of esters is 1. The molecule has 1 aromatic heterocycles. The highest BCUT2D eigenvalue weighted by atomic mass is 16.7. The number of nitrogens with two attached hydrogens (primary N) is 2. The van der Waals surface area contributed by atoms with Crippen LogP contribution in [0.15, 0.2) is 53.2 Å². The van der Waals surface area contributed by atoms with E-state index >= 15 is 0 Å². The molecule has 260 valence electrons. The van der Waals surface area contributed by atoms with E-state index in [1.54, 1.807) is 31.4 Å². The number of nitrogen functional groups attached to an aromatic ring is 1. The second-order valence-corrected chi connectivity index (χ2v) is 13.4. The number of nitrogens with zero attached hydrogens (tertiary/aromatic N) is 2. The van der Waals surface area contributed by atoms with Crippen molar-refractivity contribution in [1.82, 2.24) is 15.6 Å². The van der Waals surface area contributed by atoms with Crippen LogP contribution >= 0.6 is 0 Å². The van der Waals surface area contributed by atoms with Gasteiger partial charge in [0.15, 0.2) is 17.3 Å². The third kappa shape index (κ3) is 7.63. The number of fused-ring (bicyclic) bond motifs is 2. The van der Waals surface area contributed by atoms with Crippen LogP contribution in [0.2, 0.25) is 0 Å². The molecule has 1 saturated heterocycles. The predicted octanol–water partition coefficient (Wildman–Crippen LogP) is 4.71. The molecule has 1 aromatic carbocycles. The fraction of sp³-hybridized carbons (Fsp3) is 0.541. The first-order chi connectivity index (χ1) is 22.9. The van der Waals surface area contributed by atoms with Crippen molar-refractivity contribution < 1.29 is 23.9 Å². The molecule has 2 heterocycles. The second kappa shape index (κ2) is 15.9. The minimum Gasteiger partial charge on any atom is -0.463 e. The maximum Gasteiger partial charge on any atom is 0.350 e. The standard InChI is InChI=1S/C37H52N6O5/c1-7-9-11-25(21-41-8-2)22-47-34(46)37-33(45)31-27(18-23(3)4)12-10-13-28(31)32(44)36(37,48-37)16-14-24(5)19-29(43-35(39)40-6)26-15-17-42-30(38)20-26/h10,12-15,17,20,23,25,29,41H,7-9,11,16,18-19,21-22H2,1-6H3,(H2,38,42)(H3,39,40,43)/b24-14+/t25-,29-,36+,37+/m1/s1. The molecule has 0 radical (unpaired) electrons. The molecule has 6 N–H and O–H groups in total. The molecule has 0 unspecified atom stereocenters. The van der Waals surface area contributed by atoms with Gasteiger partial charge in [0, 0.05) is 43.3 Å².